The minimum absolute atomic E-state index is 0.401. The van der Waals surface area contributed by atoms with Gasteiger partial charge in [-0.05, 0) is 38.5 Å². The first-order chi connectivity index (χ1) is 17.2. The number of rotatable bonds is 7. The number of pyridine rings is 2. The van der Waals surface area contributed by atoms with Gasteiger partial charge in [-0.25, -0.2) is 15.0 Å². The molecule has 1 aliphatic carbocycles. The number of para-hydroxylation sites is 1. The molecule has 0 saturated heterocycles. The molecule has 0 amide bonds. The number of aromatic nitrogens is 3. The van der Waals surface area contributed by atoms with Gasteiger partial charge in [0.2, 0.25) is 5.88 Å². The second kappa shape index (κ2) is 9.62. The molecule has 10 heteroatoms. The third-order valence-corrected chi connectivity index (χ3v) is 7.64. The zero-order chi connectivity index (χ0) is 25.4. The van der Waals surface area contributed by atoms with Crippen LogP contribution >= 0.6 is 11.3 Å². The second-order valence-corrected chi connectivity index (χ2v) is 10.6. The molecule has 188 valence electrons. The van der Waals surface area contributed by atoms with Crippen molar-refractivity contribution in [2.75, 3.05) is 17.7 Å². The molecule has 1 aliphatic rings. The number of nitrogens with zero attached hydrogens (tertiary/aromatic N) is 3. The molecule has 0 bridgehead atoms. The summed E-state index contributed by atoms with van der Waals surface area (Å²) in [6, 6.07) is 12.9. The van der Waals surface area contributed by atoms with Crippen LogP contribution in [0, 0.1) is 5.92 Å². The van der Waals surface area contributed by atoms with Gasteiger partial charge < -0.3 is 30.7 Å². The van der Waals surface area contributed by atoms with Crippen molar-refractivity contribution in [3.63, 3.8) is 0 Å². The molecule has 1 aromatic carbocycles. The summed E-state index contributed by atoms with van der Waals surface area (Å²) < 4.78 is 6.27. The van der Waals surface area contributed by atoms with Crippen LogP contribution in [0.25, 0.3) is 20.8 Å². The highest BCUT2D eigenvalue weighted by Crippen LogP contribution is 2.40. The van der Waals surface area contributed by atoms with Crippen LogP contribution in [0.2, 0.25) is 0 Å². The van der Waals surface area contributed by atoms with Gasteiger partial charge in [-0.15, -0.1) is 11.3 Å². The van der Waals surface area contributed by atoms with E-state index in [9.17, 15) is 15.3 Å². The van der Waals surface area contributed by atoms with E-state index in [1.807, 2.05) is 36.4 Å². The van der Waals surface area contributed by atoms with Crippen molar-refractivity contribution in [2.45, 2.75) is 44.1 Å². The van der Waals surface area contributed by atoms with Crippen LogP contribution in [-0.2, 0) is 0 Å². The zero-order valence-corrected chi connectivity index (χ0v) is 21.0. The fraction of sp³-hybridized carbons (Fsp3) is 0.346. The van der Waals surface area contributed by atoms with E-state index in [0.29, 0.717) is 23.8 Å². The third-order valence-electron chi connectivity index (χ3n) is 6.58. The van der Waals surface area contributed by atoms with Crippen molar-refractivity contribution in [3.8, 4) is 16.5 Å². The van der Waals surface area contributed by atoms with E-state index in [4.69, 9.17) is 9.72 Å². The highest BCUT2D eigenvalue weighted by atomic mass is 32.1. The summed E-state index contributed by atoms with van der Waals surface area (Å²) in [5.74, 6) is 0.576. The molecule has 0 spiro atoms. The van der Waals surface area contributed by atoms with E-state index < -0.39 is 29.8 Å². The Morgan fingerprint density at radius 2 is 1.89 bits per heavy atom. The molecule has 0 aliphatic heterocycles. The first-order valence-corrected chi connectivity index (χ1v) is 12.5. The lowest BCUT2D eigenvalue weighted by Gasteiger charge is -2.28. The molecule has 1 fully saturated rings. The van der Waals surface area contributed by atoms with Crippen molar-refractivity contribution < 1.29 is 20.1 Å². The SMILES string of the molecule is COc1cc(Nc2cc(N[C@@H]3C[C@H](C(C)(C)O)[C@@H](O)[C@H]3O)c(-c3nc4ccccc4s3)cn2)ccn1. The predicted molar refractivity (Wildman–Crippen MR) is 141 cm³/mol. The number of anilines is 3. The molecular weight excluding hydrogens is 478 g/mol. The van der Waals surface area contributed by atoms with Crippen molar-refractivity contribution in [3.05, 3.63) is 54.9 Å². The maximum atomic E-state index is 10.8. The van der Waals surface area contributed by atoms with Crippen LogP contribution < -0.4 is 15.4 Å². The van der Waals surface area contributed by atoms with Gasteiger partial charge in [-0.2, -0.15) is 0 Å². The van der Waals surface area contributed by atoms with Gasteiger partial charge in [0.15, 0.2) is 0 Å². The first-order valence-electron chi connectivity index (χ1n) is 11.7. The Kier molecular flexibility index (Phi) is 6.52. The summed E-state index contributed by atoms with van der Waals surface area (Å²) in [4.78, 5) is 13.5. The highest BCUT2D eigenvalue weighted by Gasteiger charge is 2.47. The average Bonchev–Trinajstić information content (AvgIpc) is 3.41. The van der Waals surface area contributed by atoms with E-state index in [-0.39, 0.29) is 0 Å². The smallest absolute Gasteiger partial charge is 0.214 e. The molecule has 5 rings (SSSR count). The Morgan fingerprint density at radius 3 is 2.61 bits per heavy atom. The molecule has 5 N–H and O–H groups in total. The Morgan fingerprint density at radius 1 is 1.08 bits per heavy atom. The monoisotopic (exact) mass is 507 g/mol. The largest absolute Gasteiger partial charge is 0.481 e. The van der Waals surface area contributed by atoms with Gasteiger partial charge >= 0.3 is 0 Å². The highest BCUT2D eigenvalue weighted by molar-refractivity contribution is 7.21. The van der Waals surface area contributed by atoms with E-state index >= 15 is 0 Å². The van der Waals surface area contributed by atoms with Gasteiger partial charge in [-0.3, -0.25) is 0 Å². The topological polar surface area (TPSA) is 133 Å². The Bertz CT molecular complexity index is 1340. The molecule has 3 heterocycles. The number of thiazole rings is 1. The summed E-state index contributed by atoms with van der Waals surface area (Å²) in [5, 5.41) is 39.4. The molecule has 1 saturated carbocycles. The number of hydrogen-bond acceptors (Lipinski definition) is 10. The summed E-state index contributed by atoms with van der Waals surface area (Å²) in [6.07, 6.45) is 1.70. The fourth-order valence-corrected chi connectivity index (χ4v) is 5.62. The van der Waals surface area contributed by atoms with E-state index in [0.717, 1.165) is 26.5 Å². The van der Waals surface area contributed by atoms with Crippen molar-refractivity contribution in [2.24, 2.45) is 5.92 Å². The number of aliphatic hydroxyl groups excluding tert-OH is 2. The Hall–Kier alpha value is -3.31. The van der Waals surface area contributed by atoms with E-state index in [1.54, 1.807) is 50.8 Å². The number of hydrogen-bond donors (Lipinski definition) is 5. The summed E-state index contributed by atoms with van der Waals surface area (Å²) in [7, 11) is 1.56. The first kappa shape index (κ1) is 24.4. The number of methoxy groups -OCH3 is 1. The maximum Gasteiger partial charge on any atom is 0.214 e. The van der Waals surface area contributed by atoms with Crippen LogP contribution in [0.4, 0.5) is 17.2 Å². The minimum Gasteiger partial charge on any atom is -0.481 e. The van der Waals surface area contributed by atoms with Gasteiger partial charge in [0, 0.05) is 41.8 Å². The number of fused-ring (bicyclic) bond motifs is 1. The van der Waals surface area contributed by atoms with Gasteiger partial charge in [-0.1, -0.05) is 12.1 Å². The van der Waals surface area contributed by atoms with Crippen molar-refractivity contribution in [1.29, 1.82) is 0 Å². The zero-order valence-electron chi connectivity index (χ0n) is 20.2. The standard InChI is InChI=1S/C26H29N5O4S/c1-26(2,34)16-11-19(24(33)23(16)32)30-18-12-21(29-14-8-9-27-22(10-14)35-3)28-13-15(18)25-31-17-6-4-5-7-20(17)36-25/h4-10,12-13,16,19,23-24,32-34H,11H2,1-3H3,(H2,27,28,29,30)/t16-,19+,23+,24-/m0/s1. The van der Waals surface area contributed by atoms with E-state index in [1.165, 1.54) is 0 Å². The molecule has 9 nitrogen and oxygen atoms in total. The Labute approximate surface area is 212 Å². The molecule has 3 aromatic heterocycles. The minimum atomic E-state index is -1.13. The molecule has 36 heavy (non-hydrogen) atoms. The molecule has 4 atom stereocenters. The number of aliphatic hydroxyl groups is 3. The van der Waals surface area contributed by atoms with Crippen LogP contribution in [0.3, 0.4) is 0 Å². The summed E-state index contributed by atoms with van der Waals surface area (Å²) in [6.45, 7) is 3.31. The summed E-state index contributed by atoms with van der Waals surface area (Å²) >= 11 is 1.56. The second-order valence-electron chi connectivity index (χ2n) is 9.54. The lowest BCUT2D eigenvalue weighted by molar-refractivity contribution is -0.0601. The Balaban J connectivity index is 1.51. The normalized spacial score (nSPS) is 22.1. The van der Waals surface area contributed by atoms with Crippen LogP contribution in [-0.4, -0.2) is 61.2 Å². The van der Waals surface area contributed by atoms with Crippen LogP contribution in [0.15, 0.2) is 54.9 Å². The average molecular weight is 508 g/mol. The maximum absolute atomic E-state index is 10.8. The number of benzene rings is 1. The van der Waals surface area contributed by atoms with Crippen LogP contribution in [0.1, 0.15) is 20.3 Å². The molecule has 4 aromatic rings. The van der Waals surface area contributed by atoms with Gasteiger partial charge in [0.1, 0.15) is 16.9 Å². The summed E-state index contributed by atoms with van der Waals surface area (Å²) in [5.41, 5.74) is 2.01. The van der Waals surface area contributed by atoms with Crippen LogP contribution in [0.5, 0.6) is 5.88 Å². The van der Waals surface area contributed by atoms with Gasteiger partial charge in [0.05, 0.1) is 40.6 Å². The molecular formula is C26H29N5O4S. The predicted octanol–water partition coefficient (Wildman–Crippen LogP) is 3.80. The fourth-order valence-electron chi connectivity index (χ4n) is 4.63. The molecule has 0 unspecified atom stereocenters. The quantitative estimate of drug-likeness (QED) is 0.253. The third kappa shape index (κ3) is 4.85. The number of nitrogens with one attached hydrogen (secondary N) is 2. The van der Waals surface area contributed by atoms with Crippen molar-refractivity contribution >= 4 is 38.7 Å². The number of ether oxygens (including phenoxy) is 1. The lowest BCUT2D eigenvalue weighted by Crippen LogP contribution is -2.40. The van der Waals surface area contributed by atoms with E-state index in [2.05, 4.69) is 20.6 Å². The van der Waals surface area contributed by atoms with Gasteiger partial charge in [0.25, 0.3) is 0 Å². The molecule has 0 radical (unpaired) electrons. The lowest BCUT2D eigenvalue weighted by atomic mass is 9.88. The van der Waals surface area contributed by atoms with Crippen molar-refractivity contribution in [1.82, 2.24) is 15.0 Å².